The van der Waals surface area contributed by atoms with Gasteiger partial charge < -0.3 is 21.1 Å². The first-order chi connectivity index (χ1) is 12.9. The van der Waals surface area contributed by atoms with Crippen LogP contribution in [0.1, 0.15) is 50.7 Å². The number of hydrogen-bond acceptors (Lipinski definition) is 4. The van der Waals surface area contributed by atoms with Crippen LogP contribution in [0.4, 0.5) is 0 Å². The lowest BCUT2D eigenvalue weighted by molar-refractivity contribution is -0.147. The second-order valence-corrected chi connectivity index (χ2v) is 7.48. The van der Waals surface area contributed by atoms with E-state index >= 15 is 0 Å². The van der Waals surface area contributed by atoms with Crippen molar-refractivity contribution < 1.29 is 14.7 Å². The van der Waals surface area contributed by atoms with E-state index in [1.54, 1.807) is 12.1 Å². The van der Waals surface area contributed by atoms with Crippen LogP contribution in [-0.4, -0.2) is 40.5 Å². The maximum absolute atomic E-state index is 12.7. The molecule has 1 aromatic rings. The minimum absolute atomic E-state index is 0.0830. The predicted octanol–water partition coefficient (Wildman–Crippen LogP) is 2.20. The van der Waals surface area contributed by atoms with E-state index < -0.39 is 12.1 Å². The van der Waals surface area contributed by atoms with Gasteiger partial charge in [-0.1, -0.05) is 44.4 Å². The summed E-state index contributed by atoms with van der Waals surface area (Å²) in [7, 11) is 0. The summed E-state index contributed by atoms with van der Waals surface area (Å²) in [6.07, 6.45) is 1.76. The van der Waals surface area contributed by atoms with Crippen LogP contribution in [0.15, 0.2) is 18.2 Å². The van der Waals surface area contributed by atoms with Crippen molar-refractivity contribution in [1.29, 1.82) is 0 Å². The molecule has 2 rings (SSSR count). The van der Waals surface area contributed by atoms with Crippen molar-refractivity contribution in [2.24, 2.45) is 11.7 Å². The number of nitrogens with two attached hydrogens (primary N) is 1. The molecular formula is C20H30ClN3O3. The molecule has 2 amide bonds. The van der Waals surface area contributed by atoms with Crippen molar-refractivity contribution in [2.45, 2.75) is 64.8 Å². The molecule has 0 aromatic heterocycles. The fourth-order valence-corrected chi connectivity index (χ4v) is 3.86. The van der Waals surface area contributed by atoms with E-state index in [2.05, 4.69) is 5.32 Å². The number of amides is 2. The molecule has 7 heteroatoms. The Morgan fingerprint density at radius 3 is 2.67 bits per heavy atom. The highest BCUT2D eigenvalue weighted by molar-refractivity contribution is 6.30. The molecule has 0 bridgehead atoms. The van der Waals surface area contributed by atoms with Crippen molar-refractivity contribution >= 4 is 23.4 Å². The van der Waals surface area contributed by atoms with Crippen LogP contribution >= 0.6 is 11.6 Å². The number of nitrogens with one attached hydrogen (secondary N) is 1. The Hall–Kier alpha value is -1.63. The Morgan fingerprint density at radius 1 is 1.33 bits per heavy atom. The zero-order chi connectivity index (χ0) is 20.0. The molecule has 1 saturated heterocycles. The molecule has 1 unspecified atom stereocenters. The molecule has 4 N–H and O–H groups in total. The van der Waals surface area contributed by atoms with Crippen molar-refractivity contribution in [2.75, 3.05) is 6.54 Å². The molecule has 0 radical (unpaired) electrons. The molecule has 1 aliphatic rings. The topological polar surface area (TPSA) is 95.7 Å². The monoisotopic (exact) mass is 395 g/mol. The number of carbonyl (C=O) groups excluding carboxylic acids is 2. The Labute approximate surface area is 166 Å². The van der Waals surface area contributed by atoms with E-state index in [4.69, 9.17) is 17.3 Å². The summed E-state index contributed by atoms with van der Waals surface area (Å²) in [6, 6.07) is 4.87. The summed E-state index contributed by atoms with van der Waals surface area (Å²) < 4.78 is 0. The first-order valence-corrected chi connectivity index (χ1v) is 10.0. The molecule has 150 valence electrons. The summed E-state index contributed by atoms with van der Waals surface area (Å²) in [5, 5.41) is 13.9. The van der Waals surface area contributed by atoms with Crippen molar-refractivity contribution in [3.63, 3.8) is 0 Å². The molecule has 6 nitrogen and oxygen atoms in total. The lowest BCUT2D eigenvalue weighted by Crippen LogP contribution is -2.50. The third-order valence-electron chi connectivity index (χ3n) is 5.43. The second-order valence-electron chi connectivity index (χ2n) is 7.05. The number of likely N-dealkylation sites (tertiary alicyclic amines) is 1. The maximum Gasteiger partial charge on any atom is 0.252 e. The minimum Gasteiger partial charge on any atom is -0.383 e. The van der Waals surface area contributed by atoms with Gasteiger partial charge in [0, 0.05) is 24.7 Å². The molecule has 0 saturated carbocycles. The van der Waals surface area contributed by atoms with E-state index in [0.29, 0.717) is 31.1 Å². The van der Waals surface area contributed by atoms with Gasteiger partial charge in [-0.3, -0.25) is 9.59 Å². The van der Waals surface area contributed by atoms with Crippen LogP contribution < -0.4 is 11.1 Å². The number of nitrogens with zero attached hydrogens (tertiary/aromatic N) is 1. The van der Waals surface area contributed by atoms with E-state index in [1.807, 2.05) is 19.9 Å². The second kappa shape index (κ2) is 10.1. The summed E-state index contributed by atoms with van der Waals surface area (Å²) in [5.41, 5.74) is 7.53. The van der Waals surface area contributed by atoms with Gasteiger partial charge in [0.25, 0.3) is 5.91 Å². The van der Waals surface area contributed by atoms with Crippen LogP contribution in [0.2, 0.25) is 5.02 Å². The predicted molar refractivity (Wildman–Crippen MR) is 106 cm³/mol. The number of aliphatic hydroxyl groups is 1. The molecular weight excluding hydrogens is 366 g/mol. The van der Waals surface area contributed by atoms with Gasteiger partial charge in [0.2, 0.25) is 5.91 Å². The Kier molecular flexibility index (Phi) is 8.07. The van der Waals surface area contributed by atoms with E-state index in [9.17, 15) is 14.7 Å². The Morgan fingerprint density at radius 2 is 2.04 bits per heavy atom. The summed E-state index contributed by atoms with van der Waals surface area (Å²) in [6.45, 7) is 5.08. The molecule has 1 fully saturated rings. The lowest BCUT2D eigenvalue weighted by atomic mass is 9.95. The number of benzene rings is 1. The number of aliphatic hydroxyl groups excluding tert-OH is 1. The SMILES string of the molecule is CCC(CC)C(O)C(=O)N1CCC[C@H]1C(=O)NCc1cc(Cl)ccc1CN. The smallest absolute Gasteiger partial charge is 0.252 e. The summed E-state index contributed by atoms with van der Waals surface area (Å²) >= 11 is 6.04. The molecule has 1 aliphatic heterocycles. The van der Waals surface area contributed by atoms with Gasteiger partial charge in [-0.05, 0) is 42.0 Å². The first kappa shape index (κ1) is 21.7. The Balaban J connectivity index is 2.03. The third kappa shape index (κ3) is 5.21. The van der Waals surface area contributed by atoms with Crippen molar-refractivity contribution in [1.82, 2.24) is 10.2 Å². The van der Waals surface area contributed by atoms with Crippen LogP contribution in [0.25, 0.3) is 0 Å². The minimum atomic E-state index is -1.05. The molecule has 1 heterocycles. The van der Waals surface area contributed by atoms with E-state index in [1.165, 1.54) is 4.90 Å². The molecule has 0 aliphatic carbocycles. The van der Waals surface area contributed by atoms with Gasteiger partial charge in [0.1, 0.15) is 12.1 Å². The van der Waals surface area contributed by atoms with Crippen molar-refractivity contribution in [3.05, 3.63) is 34.3 Å². The first-order valence-electron chi connectivity index (χ1n) is 9.66. The van der Waals surface area contributed by atoms with Gasteiger partial charge in [0.05, 0.1) is 0 Å². The van der Waals surface area contributed by atoms with E-state index in [0.717, 1.165) is 30.4 Å². The fourth-order valence-electron chi connectivity index (χ4n) is 3.67. The van der Waals surface area contributed by atoms with Gasteiger partial charge in [0.15, 0.2) is 0 Å². The maximum atomic E-state index is 12.7. The fraction of sp³-hybridized carbons (Fsp3) is 0.600. The standard InChI is InChI=1S/C20H30ClN3O3/c1-3-13(4-2)18(25)20(27)24-9-5-6-17(24)19(26)23-12-15-10-16(21)8-7-14(15)11-22/h7-8,10,13,17-18,25H,3-6,9,11-12,22H2,1-2H3,(H,23,26)/t17-,18?/m0/s1. The van der Waals surface area contributed by atoms with E-state index in [-0.39, 0.29) is 17.7 Å². The number of hydrogen-bond donors (Lipinski definition) is 3. The molecule has 1 aromatic carbocycles. The molecule has 2 atom stereocenters. The highest BCUT2D eigenvalue weighted by Crippen LogP contribution is 2.23. The average molecular weight is 396 g/mol. The lowest BCUT2D eigenvalue weighted by Gasteiger charge is -2.29. The van der Waals surface area contributed by atoms with Gasteiger partial charge in [-0.25, -0.2) is 0 Å². The van der Waals surface area contributed by atoms with Crippen molar-refractivity contribution in [3.8, 4) is 0 Å². The van der Waals surface area contributed by atoms with Gasteiger partial charge >= 0.3 is 0 Å². The highest BCUT2D eigenvalue weighted by Gasteiger charge is 2.38. The van der Waals surface area contributed by atoms with Crippen LogP contribution in [-0.2, 0) is 22.7 Å². The zero-order valence-electron chi connectivity index (χ0n) is 16.1. The average Bonchev–Trinajstić information content (AvgIpc) is 3.16. The zero-order valence-corrected chi connectivity index (χ0v) is 16.8. The summed E-state index contributed by atoms with van der Waals surface area (Å²) in [5.74, 6) is -0.632. The highest BCUT2D eigenvalue weighted by atomic mass is 35.5. The number of carbonyl (C=O) groups is 2. The van der Waals surface area contributed by atoms with Gasteiger partial charge in [-0.2, -0.15) is 0 Å². The van der Waals surface area contributed by atoms with Crippen LogP contribution in [0, 0.1) is 5.92 Å². The molecule has 0 spiro atoms. The number of rotatable bonds is 8. The third-order valence-corrected chi connectivity index (χ3v) is 5.66. The van der Waals surface area contributed by atoms with Gasteiger partial charge in [-0.15, -0.1) is 0 Å². The quantitative estimate of drug-likeness (QED) is 0.628. The Bertz CT molecular complexity index is 664. The van der Waals surface area contributed by atoms with Crippen LogP contribution in [0.5, 0.6) is 0 Å². The number of halogens is 1. The molecule has 27 heavy (non-hydrogen) atoms. The largest absolute Gasteiger partial charge is 0.383 e. The summed E-state index contributed by atoms with van der Waals surface area (Å²) in [4.78, 5) is 26.9. The normalized spacial score (nSPS) is 18.0. The van der Waals surface area contributed by atoms with Crippen LogP contribution in [0.3, 0.4) is 0 Å².